The molecular weight excluding hydrogens is 505 g/mol. The second-order valence-electron chi connectivity index (χ2n) is 8.28. The van der Waals surface area contributed by atoms with E-state index in [4.69, 9.17) is 4.99 Å². The number of aliphatic imine (C=N–C) groups is 1. The van der Waals surface area contributed by atoms with Crippen molar-refractivity contribution in [1.29, 1.82) is 0 Å². The molecule has 1 aromatic carbocycles. The van der Waals surface area contributed by atoms with Gasteiger partial charge in [0.1, 0.15) is 0 Å². The van der Waals surface area contributed by atoms with Gasteiger partial charge in [-0.1, -0.05) is 18.2 Å². The van der Waals surface area contributed by atoms with E-state index in [0.717, 1.165) is 50.9 Å². The Bertz CT molecular complexity index is 780. The van der Waals surface area contributed by atoms with Crippen LogP contribution in [0.1, 0.15) is 42.8 Å². The SMILES string of the molecule is Cc1nc(CN2CCC(CN=C(Nc3ccccc3)N3CCCCC3)CC2)cs1.I. The molecule has 2 aromatic rings. The molecule has 1 aromatic heterocycles. The molecule has 0 saturated carbocycles. The minimum atomic E-state index is 0. The monoisotopic (exact) mass is 539 g/mol. The van der Waals surface area contributed by atoms with Gasteiger partial charge in [0.15, 0.2) is 5.96 Å². The first-order chi connectivity index (χ1) is 14.3. The molecule has 30 heavy (non-hydrogen) atoms. The number of hydrogen-bond donors (Lipinski definition) is 1. The van der Waals surface area contributed by atoms with Crippen LogP contribution in [0.15, 0.2) is 40.7 Å². The second kappa shape index (κ2) is 12.0. The Morgan fingerprint density at radius 2 is 1.83 bits per heavy atom. The van der Waals surface area contributed by atoms with Crippen LogP contribution in [0.25, 0.3) is 0 Å². The molecule has 0 bridgehead atoms. The van der Waals surface area contributed by atoms with Crippen molar-refractivity contribution in [2.45, 2.75) is 45.6 Å². The zero-order valence-electron chi connectivity index (χ0n) is 17.9. The summed E-state index contributed by atoms with van der Waals surface area (Å²) in [6.45, 7) is 8.55. The summed E-state index contributed by atoms with van der Waals surface area (Å²) in [4.78, 5) is 14.7. The number of piperidine rings is 2. The molecule has 0 atom stereocenters. The molecular formula is C23H34IN5S. The van der Waals surface area contributed by atoms with Crippen molar-refractivity contribution in [2.24, 2.45) is 10.9 Å². The third-order valence-electron chi connectivity index (χ3n) is 5.94. The van der Waals surface area contributed by atoms with Gasteiger partial charge < -0.3 is 10.2 Å². The Hall–Kier alpha value is -1.19. The maximum absolute atomic E-state index is 5.08. The van der Waals surface area contributed by atoms with Crippen LogP contribution in [-0.2, 0) is 6.54 Å². The Balaban J connectivity index is 0.00000256. The number of rotatable bonds is 5. The maximum atomic E-state index is 5.08. The molecule has 0 aliphatic carbocycles. The van der Waals surface area contributed by atoms with Gasteiger partial charge in [-0.15, -0.1) is 35.3 Å². The van der Waals surface area contributed by atoms with Crippen LogP contribution in [0, 0.1) is 12.8 Å². The summed E-state index contributed by atoms with van der Waals surface area (Å²) >= 11 is 1.75. The fourth-order valence-electron chi connectivity index (χ4n) is 4.23. The zero-order chi connectivity index (χ0) is 19.9. The Morgan fingerprint density at radius 3 is 2.50 bits per heavy atom. The van der Waals surface area contributed by atoms with Gasteiger partial charge in [0, 0.05) is 37.2 Å². The molecule has 0 spiro atoms. The molecule has 2 fully saturated rings. The van der Waals surface area contributed by atoms with Crippen LogP contribution in [0.5, 0.6) is 0 Å². The third-order valence-corrected chi connectivity index (χ3v) is 6.77. The number of nitrogens with zero attached hydrogens (tertiary/aromatic N) is 4. The average Bonchev–Trinajstić information content (AvgIpc) is 3.18. The summed E-state index contributed by atoms with van der Waals surface area (Å²) in [5.74, 6) is 1.75. The van der Waals surface area contributed by atoms with Crippen LogP contribution in [-0.4, -0.2) is 53.5 Å². The van der Waals surface area contributed by atoms with E-state index in [9.17, 15) is 0 Å². The molecule has 4 rings (SSSR count). The van der Waals surface area contributed by atoms with Crippen LogP contribution < -0.4 is 5.32 Å². The number of guanidine groups is 1. The van der Waals surface area contributed by atoms with Gasteiger partial charge in [0.2, 0.25) is 0 Å². The predicted octanol–water partition coefficient (Wildman–Crippen LogP) is 5.24. The maximum Gasteiger partial charge on any atom is 0.198 e. The number of aryl methyl sites for hydroxylation is 1. The number of benzene rings is 1. The lowest BCUT2D eigenvalue weighted by Crippen LogP contribution is -2.41. The highest BCUT2D eigenvalue weighted by atomic mass is 127. The fraction of sp³-hybridized carbons (Fsp3) is 0.565. The van der Waals surface area contributed by atoms with Gasteiger partial charge in [-0.05, 0) is 70.2 Å². The Labute approximate surface area is 202 Å². The van der Waals surface area contributed by atoms with Gasteiger partial charge in [-0.3, -0.25) is 9.89 Å². The summed E-state index contributed by atoms with van der Waals surface area (Å²) in [5.41, 5.74) is 2.36. The minimum absolute atomic E-state index is 0. The standard InChI is InChI=1S/C23H33N5S.HI/c1-19-25-22(18-29-19)17-27-14-10-20(11-15-27)16-24-23(28-12-6-3-7-13-28)26-21-8-4-2-5-9-21;/h2,4-5,8-9,18,20H,3,6-7,10-17H2,1H3,(H,24,26);1H. The number of nitrogens with one attached hydrogen (secondary N) is 1. The number of hydrogen-bond acceptors (Lipinski definition) is 4. The van der Waals surface area contributed by atoms with Crippen molar-refractivity contribution in [1.82, 2.24) is 14.8 Å². The molecule has 164 valence electrons. The number of halogens is 1. The Kier molecular flexibility index (Phi) is 9.39. The van der Waals surface area contributed by atoms with Gasteiger partial charge in [0.25, 0.3) is 0 Å². The topological polar surface area (TPSA) is 43.8 Å². The molecule has 0 unspecified atom stereocenters. The van der Waals surface area contributed by atoms with Gasteiger partial charge in [0.05, 0.1) is 10.7 Å². The van der Waals surface area contributed by atoms with Crippen molar-refractivity contribution in [3.05, 3.63) is 46.4 Å². The highest BCUT2D eigenvalue weighted by Crippen LogP contribution is 2.21. The van der Waals surface area contributed by atoms with E-state index in [1.54, 1.807) is 11.3 Å². The second-order valence-corrected chi connectivity index (χ2v) is 9.34. The lowest BCUT2D eigenvalue weighted by atomic mass is 9.97. The molecule has 3 heterocycles. The zero-order valence-corrected chi connectivity index (χ0v) is 21.1. The Morgan fingerprint density at radius 1 is 1.10 bits per heavy atom. The van der Waals surface area contributed by atoms with Gasteiger partial charge in [-0.25, -0.2) is 4.98 Å². The average molecular weight is 540 g/mol. The minimum Gasteiger partial charge on any atom is -0.343 e. The molecule has 5 nitrogen and oxygen atoms in total. The van der Waals surface area contributed by atoms with Crippen molar-refractivity contribution in [2.75, 3.05) is 38.0 Å². The van der Waals surface area contributed by atoms with Crippen molar-refractivity contribution < 1.29 is 0 Å². The van der Waals surface area contributed by atoms with Crippen molar-refractivity contribution in [3.8, 4) is 0 Å². The number of likely N-dealkylation sites (tertiary alicyclic amines) is 2. The third kappa shape index (κ3) is 6.92. The smallest absolute Gasteiger partial charge is 0.198 e. The number of thiazole rings is 1. The van der Waals surface area contributed by atoms with E-state index in [2.05, 4.69) is 62.7 Å². The molecule has 7 heteroatoms. The van der Waals surface area contributed by atoms with Gasteiger partial charge >= 0.3 is 0 Å². The summed E-state index contributed by atoms with van der Waals surface area (Å²) in [6, 6.07) is 10.5. The van der Waals surface area contributed by atoms with Gasteiger partial charge in [-0.2, -0.15) is 0 Å². The van der Waals surface area contributed by atoms with Crippen LogP contribution >= 0.6 is 35.3 Å². The largest absolute Gasteiger partial charge is 0.343 e. The first-order valence-corrected chi connectivity index (χ1v) is 11.9. The van der Waals surface area contributed by atoms with E-state index in [-0.39, 0.29) is 24.0 Å². The molecule has 0 radical (unpaired) electrons. The van der Waals surface area contributed by atoms with E-state index in [1.807, 2.05) is 0 Å². The summed E-state index contributed by atoms with van der Waals surface area (Å²) in [5, 5.41) is 6.96. The van der Waals surface area contributed by atoms with E-state index < -0.39 is 0 Å². The quantitative estimate of drug-likeness (QED) is 0.321. The molecule has 2 aliphatic rings. The number of para-hydroxylation sites is 1. The van der Waals surface area contributed by atoms with Crippen LogP contribution in [0.2, 0.25) is 0 Å². The lowest BCUT2D eigenvalue weighted by molar-refractivity contribution is 0.179. The van der Waals surface area contributed by atoms with E-state index in [1.165, 1.54) is 42.8 Å². The molecule has 2 saturated heterocycles. The van der Waals surface area contributed by atoms with Crippen molar-refractivity contribution in [3.63, 3.8) is 0 Å². The van der Waals surface area contributed by atoms with E-state index in [0.29, 0.717) is 5.92 Å². The predicted molar refractivity (Wildman–Crippen MR) is 138 cm³/mol. The van der Waals surface area contributed by atoms with Crippen LogP contribution in [0.4, 0.5) is 5.69 Å². The summed E-state index contributed by atoms with van der Waals surface area (Å²) in [6.07, 6.45) is 6.33. The normalized spacial score (nSPS) is 18.8. The highest BCUT2D eigenvalue weighted by Gasteiger charge is 2.21. The first-order valence-electron chi connectivity index (χ1n) is 11.0. The van der Waals surface area contributed by atoms with Crippen LogP contribution in [0.3, 0.4) is 0 Å². The first kappa shape index (κ1) is 23.5. The number of aromatic nitrogens is 1. The number of anilines is 1. The highest BCUT2D eigenvalue weighted by molar-refractivity contribution is 14.0. The van der Waals surface area contributed by atoms with Crippen molar-refractivity contribution >= 4 is 47.0 Å². The molecule has 2 aliphatic heterocycles. The fourth-order valence-corrected chi connectivity index (χ4v) is 4.83. The summed E-state index contributed by atoms with van der Waals surface area (Å²) < 4.78 is 0. The molecule has 0 amide bonds. The summed E-state index contributed by atoms with van der Waals surface area (Å²) in [7, 11) is 0. The molecule has 1 N–H and O–H groups in total. The lowest BCUT2D eigenvalue weighted by Gasteiger charge is -2.32. The van der Waals surface area contributed by atoms with E-state index >= 15 is 0 Å².